The summed E-state index contributed by atoms with van der Waals surface area (Å²) in [7, 11) is 1.98. The second-order valence-corrected chi connectivity index (χ2v) is 7.56. The SMILES string of the molecule is CCCCC1C(C(=O)O)=C(C)NC(C)=C1C(=O)OCCN(C)Cc1ccccc1. The average molecular weight is 401 g/mol. The van der Waals surface area contributed by atoms with Crippen molar-refractivity contribution in [2.45, 2.75) is 46.6 Å². The number of aliphatic carboxylic acids is 1. The number of rotatable bonds is 10. The van der Waals surface area contributed by atoms with Crippen LogP contribution in [-0.4, -0.2) is 42.1 Å². The third kappa shape index (κ3) is 6.19. The minimum atomic E-state index is -0.989. The van der Waals surface area contributed by atoms with E-state index in [9.17, 15) is 14.7 Å². The zero-order valence-electron chi connectivity index (χ0n) is 17.8. The molecule has 0 aromatic heterocycles. The highest BCUT2D eigenvalue weighted by Gasteiger charge is 2.35. The molecule has 0 bridgehead atoms. The highest BCUT2D eigenvalue weighted by atomic mass is 16.5. The van der Waals surface area contributed by atoms with Crippen molar-refractivity contribution in [1.29, 1.82) is 0 Å². The lowest BCUT2D eigenvalue weighted by Gasteiger charge is -2.29. The summed E-state index contributed by atoms with van der Waals surface area (Å²) in [6.45, 7) is 7.22. The Morgan fingerprint density at radius 2 is 1.79 bits per heavy atom. The van der Waals surface area contributed by atoms with Gasteiger partial charge in [0.05, 0.1) is 11.1 Å². The third-order valence-corrected chi connectivity index (χ3v) is 5.18. The first kappa shape index (κ1) is 22.7. The first-order chi connectivity index (χ1) is 13.8. The van der Waals surface area contributed by atoms with E-state index in [-0.39, 0.29) is 12.2 Å². The fourth-order valence-corrected chi connectivity index (χ4v) is 3.73. The Balaban J connectivity index is 2.01. The number of carbonyl (C=O) groups is 2. The monoisotopic (exact) mass is 400 g/mol. The summed E-state index contributed by atoms with van der Waals surface area (Å²) in [6.07, 6.45) is 2.40. The number of carbonyl (C=O) groups excluding carboxylic acids is 1. The molecule has 1 aromatic rings. The maximum absolute atomic E-state index is 12.8. The van der Waals surface area contributed by atoms with Gasteiger partial charge in [0, 0.05) is 30.4 Å². The molecule has 0 saturated heterocycles. The van der Waals surface area contributed by atoms with Gasteiger partial charge in [-0.3, -0.25) is 4.90 Å². The lowest BCUT2D eigenvalue weighted by atomic mass is 9.82. The Labute approximate surface area is 173 Å². The van der Waals surface area contributed by atoms with Crippen LogP contribution in [0, 0.1) is 5.92 Å². The Hall–Kier alpha value is -2.60. The van der Waals surface area contributed by atoms with Gasteiger partial charge < -0.3 is 15.2 Å². The molecule has 6 nitrogen and oxygen atoms in total. The number of carboxylic acids is 1. The molecule has 6 heteroatoms. The lowest BCUT2D eigenvalue weighted by Crippen LogP contribution is -2.33. The number of unbranched alkanes of at least 4 members (excludes halogenated alkanes) is 1. The maximum Gasteiger partial charge on any atom is 0.336 e. The number of benzene rings is 1. The smallest absolute Gasteiger partial charge is 0.336 e. The van der Waals surface area contributed by atoms with Crippen molar-refractivity contribution in [2.24, 2.45) is 5.92 Å². The number of esters is 1. The third-order valence-electron chi connectivity index (χ3n) is 5.18. The van der Waals surface area contributed by atoms with Gasteiger partial charge in [0.15, 0.2) is 0 Å². The standard InChI is InChI=1S/C23H32N2O4/c1-5-6-12-19-20(22(26)27)16(2)24-17(3)21(19)23(28)29-14-13-25(4)15-18-10-8-7-9-11-18/h7-11,19,24H,5-6,12-15H2,1-4H3,(H,26,27). The van der Waals surface area contributed by atoms with Crippen molar-refractivity contribution in [1.82, 2.24) is 10.2 Å². The molecule has 2 N–H and O–H groups in total. The Morgan fingerprint density at radius 1 is 1.14 bits per heavy atom. The van der Waals surface area contributed by atoms with E-state index in [1.807, 2.05) is 25.2 Å². The molecule has 1 aromatic carbocycles. The molecule has 0 fully saturated rings. The van der Waals surface area contributed by atoms with Gasteiger partial charge in [-0.25, -0.2) is 9.59 Å². The van der Waals surface area contributed by atoms with Crippen LogP contribution in [0.15, 0.2) is 52.9 Å². The second kappa shape index (κ2) is 10.8. The van der Waals surface area contributed by atoms with Crippen LogP contribution >= 0.6 is 0 Å². The molecule has 0 spiro atoms. The number of dihydropyridines is 1. The van der Waals surface area contributed by atoms with Gasteiger partial charge in [-0.2, -0.15) is 0 Å². The highest BCUT2D eigenvalue weighted by molar-refractivity contribution is 5.97. The average Bonchev–Trinajstić information content (AvgIpc) is 2.66. The normalized spacial score (nSPS) is 16.8. The summed E-state index contributed by atoms with van der Waals surface area (Å²) < 4.78 is 5.54. The number of nitrogens with zero attached hydrogens (tertiary/aromatic N) is 1. The van der Waals surface area contributed by atoms with Crippen molar-refractivity contribution >= 4 is 11.9 Å². The van der Waals surface area contributed by atoms with Gasteiger partial charge in [-0.15, -0.1) is 0 Å². The van der Waals surface area contributed by atoms with E-state index < -0.39 is 17.9 Å². The number of hydrogen-bond donors (Lipinski definition) is 2. The topological polar surface area (TPSA) is 78.9 Å². The molecule has 0 radical (unpaired) electrons. The van der Waals surface area contributed by atoms with Crippen LogP contribution in [0.1, 0.15) is 45.6 Å². The molecule has 1 unspecified atom stereocenters. The van der Waals surface area contributed by atoms with Gasteiger partial charge >= 0.3 is 11.9 Å². The van der Waals surface area contributed by atoms with Crippen LogP contribution in [0.2, 0.25) is 0 Å². The Bertz CT molecular complexity index is 783. The van der Waals surface area contributed by atoms with Gasteiger partial charge in [0.2, 0.25) is 0 Å². The summed E-state index contributed by atoms with van der Waals surface area (Å²) in [4.78, 5) is 26.7. The number of hydrogen-bond acceptors (Lipinski definition) is 5. The number of carboxylic acid groups (broad SMARTS) is 1. The molecule has 1 aliphatic heterocycles. The van der Waals surface area contributed by atoms with Crippen LogP contribution in [0.5, 0.6) is 0 Å². The van der Waals surface area contributed by atoms with Crippen LogP contribution < -0.4 is 5.32 Å². The van der Waals surface area contributed by atoms with Crippen LogP contribution in [0.25, 0.3) is 0 Å². The molecule has 0 saturated carbocycles. The summed E-state index contributed by atoms with van der Waals surface area (Å²) in [5.74, 6) is -1.87. The summed E-state index contributed by atoms with van der Waals surface area (Å²) in [5.41, 5.74) is 3.17. The summed E-state index contributed by atoms with van der Waals surface area (Å²) in [6, 6.07) is 10.1. The summed E-state index contributed by atoms with van der Waals surface area (Å²) in [5, 5.41) is 12.7. The van der Waals surface area contributed by atoms with Crippen molar-refractivity contribution in [3.63, 3.8) is 0 Å². The van der Waals surface area contributed by atoms with Gasteiger partial charge in [0.1, 0.15) is 6.61 Å². The van der Waals surface area contributed by atoms with E-state index in [0.717, 1.165) is 19.4 Å². The first-order valence-electron chi connectivity index (χ1n) is 10.2. The van der Waals surface area contributed by atoms with E-state index in [1.165, 1.54) is 5.56 Å². The number of nitrogens with one attached hydrogen (secondary N) is 1. The van der Waals surface area contributed by atoms with E-state index in [0.29, 0.717) is 29.9 Å². The zero-order valence-corrected chi connectivity index (χ0v) is 17.8. The molecule has 1 atom stereocenters. The zero-order chi connectivity index (χ0) is 21.4. The highest BCUT2D eigenvalue weighted by Crippen LogP contribution is 2.34. The van der Waals surface area contributed by atoms with E-state index in [4.69, 9.17) is 4.74 Å². The molecule has 2 rings (SSSR count). The van der Waals surface area contributed by atoms with E-state index >= 15 is 0 Å². The molecule has 0 amide bonds. The predicted molar refractivity (Wildman–Crippen MR) is 113 cm³/mol. The van der Waals surface area contributed by atoms with Crippen molar-refractivity contribution in [2.75, 3.05) is 20.2 Å². The molecular weight excluding hydrogens is 368 g/mol. The summed E-state index contributed by atoms with van der Waals surface area (Å²) >= 11 is 0. The predicted octanol–water partition coefficient (Wildman–Crippen LogP) is 3.70. The molecule has 1 heterocycles. The van der Waals surface area contributed by atoms with Gasteiger partial charge in [0.25, 0.3) is 0 Å². The minimum Gasteiger partial charge on any atom is -0.478 e. The van der Waals surface area contributed by atoms with Gasteiger partial charge in [-0.1, -0.05) is 50.1 Å². The minimum absolute atomic E-state index is 0.255. The molecule has 29 heavy (non-hydrogen) atoms. The molecular formula is C23H32N2O4. The molecule has 1 aliphatic rings. The Morgan fingerprint density at radius 3 is 2.41 bits per heavy atom. The molecule has 158 valence electrons. The van der Waals surface area contributed by atoms with Crippen molar-refractivity contribution in [3.8, 4) is 0 Å². The van der Waals surface area contributed by atoms with E-state index in [2.05, 4.69) is 29.3 Å². The van der Waals surface area contributed by atoms with Crippen molar-refractivity contribution in [3.05, 3.63) is 58.4 Å². The second-order valence-electron chi connectivity index (χ2n) is 7.56. The van der Waals surface area contributed by atoms with Crippen LogP contribution in [0.4, 0.5) is 0 Å². The first-order valence-corrected chi connectivity index (χ1v) is 10.2. The number of ether oxygens (including phenoxy) is 1. The fraction of sp³-hybridized carbons (Fsp3) is 0.478. The fourth-order valence-electron chi connectivity index (χ4n) is 3.73. The van der Waals surface area contributed by atoms with Crippen molar-refractivity contribution < 1.29 is 19.4 Å². The Kier molecular flexibility index (Phi) is 8.46. The lowest BCUT2D eigenvalue weighted by molar-refractivity contribution is -0.140. The largest absolute Gasteiger partial charge is 0.478 e. The number of likely N-dealkylation sites (N-methyl/N-ethyl adjacent to an activating group) is 1. The van der Waals surface area contributed by atoms with Crippen LogP contribution in [0.3, 0.4) is 0 Å². The van der Waals surface area contributed by atoms with Gasteiger partial charge in [-0.05, 0) is 32.9 Å². The van der Waals surface area contributed by atoms with E-state index in [1.54, 1.807) is 13.8 Å². The molecule has 0 aliphatic carbocycles. The number of allylic oxidation sites excluding steroid dienone is 2. The maximum atomic E-state index is 12.8. The quantitative estimate of drug-likeness (QED) is 0.583. The van der Waals surface area contributed by atoms with Crippen LogP contribution in [-0.2, 0) is 20.9 Å².